The maximum Gasteiger partial charge on any atom is 0.255 e. The summed E-state index contributed by atoms with van der Waals surface area (Å²) in [5.41, 5.74) is 1.08. The van der Waals surface area contributed by atoms with E-state index in [9.17, 15) is 10.1 Å². The number of nitrogens with zero attached hydrogens (tertiary/aromatic N) is 2. The minimum Gasteiger partial charge on any atom is -0.497 e. The van der Waals surface area contributed by atoms with Crippen LogP contribution in [0.1, 0.15) is 28.4 Å². The number of amides is 1. The highest BCUT2D eigenvalue weighted by molar-refractivity contribution is 6.01. The van der Waals surface area contributed by atoms with Crippen molar-refractivity contribution in [3.8, 4) is 17.6 Å². The number of carbonyl (C=O) groups excluding carboxylic acids is 1. The number of methoxy groups -OCH3 is 3. The minimum absolute atomic E-state index is 0.176. The molecule has 1 aromatic rings. The first-order valence-electron chi connectivity index (χ1n) is 6.63. The average molecular weight is 290 g/mol. The molecule has 21 heavy (non-hydrogen) atoms. The normalized spacial score (nSPS) is 16.6. The van der Waals surface area contributed by atoms with Crippen LogP contribution in [0.5, 0.6) is 11.5 Å². The lowest BCUT2D eigenvalue weighted by atomic mass is 10.0. The largest absolute Gasteiger partial charge is 0.497 e. The smallest absolute Gasteiger partial charge is 0.255 e. The Hall–Kier alpha value is -2.26. The molecule has 0 N–H and O–H groups in total. The Labute approximate surface area is 123 Å². The summed E-state index contributed by atoms with van der Waals surface area (Å²) in [5, 5.41) is 9.44. The van der Waals surface area contributed by atoms with E-state index in [1.54, 1.807) is 24.1 Å². The fraction of sp³-hybridized carbons (Fsp3) is 0.467. The summed E-state index contributed by atoms with van der Waals surface area (Å²) in [4.78, 5) is 14.1. The van der Waals surface area contributed by atoms with Crippen molar-refractivity contribution in [2.45, 2.75) is 12.5 Å². The van der Waals surface area contributed by atoms with Gasteiger partial charge in [0.25, 0.3) is 5.91 Å². The number of carbonyl (C=O) groups is 1. The molecule has 0 radical (unpaired) electrons. The molecule has 6 nitrogen and oxygen atoms in total. The summed E-state index contributed by atoms with van der Waals surface area (Å²) in [7, 11) is 4.65. The van der Waals surface area contributed by atoms with Crippen LogP contribution in [0, 0.1) is 11.3 Å². The molecule has 1 atom stereocenters. The molecular weight excluding hydrogens is 272 g/mol. The molecular formula is C15H18N2O4. The molecule has 0 bridgehead atoms. The molecule has 0 spiro atoms. The summed E-state index contributed by atoms with van der Waals surface area (Å²) in [6.07, 6.45) is 0.674. The highest BCUT2D eigenvalue weighted by Gasteiger charge is 2.39. The quantitative estimate of drug-likeness (QED) is 0.746. The molecule has 0 fully saturated rings. The molecule has 1 aliphatic heterocycles. The van der Waals surface area contributed by atoms with E-state index >= 15 is 0 Å². The second-order valence-corrected chi connectivity index (χ2v) is 4.67. The van der Waals surface area contributed by atoms with E-state index in [4.69, 9.17) is 14.2 Å². The van der Waals surface area contributed by atoms with Gasteiger partial charge in [0.1, 0.15) is 17.5 Å². The van der Waals surface area contributed by atoms with E-state index in [1.165, 1.54) is 14.2 Å². The molecule has 0 aromatic heterocycles. The molecule has 1 amide bonds. The third-order valence-corrected chi connectivity index (χ3v) is 3.52. The van der Waals surface area contributed by atoms with Crippen LogP contribution in [0.2, 0.25) is 0 Å². The van der Waals surface area contributed by atoms with Gasteiger partial charge in [-0.3, -0.25) is 4.79 Å². The second kappa shape index (κ2) is 6.46. The molecule has 1 aromatic carbocycles. The molecule has 6 heteroatoms. The Morgan fingerprint density at radius 1 is 1.29 bits per heavy atom. The second-order valence-electron chi connectivity index (χ2n) is 4.67. The Morgan fingerprint density at radius 3 is 2.62 bits per heavy atom. The minimum atomic E-state index is -0.634. The lowest BCUT2D eigenvalue weighted by molar-refractivity contribution is 0.0737. The first kappa shape index (κ1) is 15.1. The third-order valence-electron chi connectivity index (χ3n) is 3.52. The van der Waals surface area contributed by atoms with Crippen LogP contribution in [0.25, 0.3) is 0 Å². The predicted octanol–water partition coefficient (Wildman–Crippen LogP) is 1.76. The zero-order valence-electron chi connectivity index (χ0n) is 12.4. The van der Waals surface area contributed by atoms with Gasteiger partial charge < -0.3 is 19.1 Å². The zero-order chi connectivity index (χ0) is 15.4. The number of benzene rings is 1. The van der Waals surface area contributed by atoms with Crippen LogP contribution in [0.3, 0.4) is 0 Å². The van der Waals surface area contributed by atoms with Crippen molar-refractivity contribution in [1.82, 2.24) is 4.90 Å². The highest BCUT2D eigenvalue weighted by Crippen LogP contribution is 2.41. The summed E-state index contributed by atoms with van der Waals surface area (Å²) >= 11 is 0. The Balaban J connectivity index is 2.41. The van der Waals surface area contributed by atoms with Crippen LogP contribution in [-0.2, 0) is 4.74 Å². The Morgan fingerprint density at radius 2 is 2.05 bits per heavy atom. The number of rotatable bonds is 6. The predicted molar refractivity (Wildman–Crippen MR) is 75.4 cm³/mol. The van der Waals surface area contributed by atoms with Gasteiger partial charge in [-0.05, 0) is 12.5 Å². The van der Waals surface area contributed by atoms with E-state index < -0.39 is 6.04 Å². The van der Waals surface area contributed by atoms with E-state index in [0.717, 1.165) is 0 Å². The van der Waals surface area contributed by atoms with Crippen LogP contribution in [-0.4, -0.2) is 45.3 Å². The van der Waals surface area contributed by atoms with Crippen LogP contribution < -0.4 is 9.47 Å². The number of hydrogen-bond donors (Lipinski definition) is 0. The van der Waals surface area contributed by atoms with Crippen molar-refractivity contribution >= 4 is 5.91 Å². The monoisotopic (exact) mass is 290 g/mol. The summed E-state index contributed by atoms with van der Waals surface area (Å²) < 4.78 is 15.5. The molecule has 1 aliphatic rings. The Kier molecular flexibility index (Phi) is 4.66. The van der Waals surface area contributed by atoms with Crippen molar-refractivity contribution in [3.05, 3.63) is 23.3 Å². The van der Waals surface area contributed by atoms with Crippen molar-refractivity contribution in [3.63, 3.8) is 0 Å². The maximum absolute atomic E-state index is 12.5. The number of ether oxygens (including phenoxy) is 3. The van der Waals surface area contributed by atoms with Gasteiger partial charge in [-0.1, -0.05) is 0 Å². The topological polar surface area (TPSA) is 71.8 Å². The molecule has 1 unspecified atom stereocenters. The van der Waals surface area contributed by atoms with Crippen molar-refractivity contribution in [2.24, 2.45) is 0 Å². The molecule has 0 saturated carbocycles. The van der Waals surface area contributed by atoms with Crippen LogP contribution in [0.4, 0.5) is 0 Å². The van der Waals surface area contributed by atoms with Crippen molar-refractivity contribution in [1.29, 1.82) is 5.26 Å². The van der Waals surface area contributed by atoms with E-state index in [-0.39, 0.29) is 5.91 Å². The van der Waals surface area contributed by atoms with Gasteiger partial charge in [-0.15, -0.1) is 0 Å². The van der Waals surface area contributed by atoms with Crippen LogP contribution in [0.15, 0.2) is 12.1 Å². The van der Waals surface area contributed by atoms with Crippen molar-refractivity contribution < 1.29 is 19.0 Å². The molecule has 0 saturated heterocycles. The zero-order valence-corrected chi connectivity index (χ0v) is 12.4. The van der Waals surface area contributed by atoms with Gasteiger partial charge in [0.05, 0.1) is 25.9 Å². The molecule has 1 heterocycles. The highest BCUT2D eigenvalue weighted by atomic mass is 16.5. The third kappa shape index (κ3) is 2.65. The number of fused-ring (bicyclic) bond motifs is 1. The van der Waals surface area contributed by atoms with Gasteiger partial charge in [-0.25, -0.2) is 0 Å². The Bertz CT molecular complexity index is 580. The fourth-order valence-corrected chi connectivity index (χ4v) is 2.52. The summed E-state index contributed by atoms with van der Waals surface area (Å²) in [5.74, 6) is 0.859. The van der Waals surface area contributed by atoms with E-state index in [0.29, 0.717) is 42.2 Å². The van der Waals surface area contributed by atoms with Gasteiger partial charge in [0.2, 0.25) is 0 Å². The number of nitriles is 1. The fourth-order valence-electron chi connectivity index (χ4n) is 2.52. The first-order chi connectivity index (χ1) is 10.2. The van der Waals surface area contributed by atoms with Crippen molar-refractivity contribution in [2.75, 3.05) is 34.5 Å². The van der Waals surface area contributed by atoms with Crippen LogP contribution >= 0.6 is 0 Å². The standard InChI is InChI=1S/C15H18N2O4/c1-19-6-4-5-17-12(9-16)14-11(15(17)18)7-10(20-2)8-13(14)21-3/h7-8,12H,4-6H2,1-3H3. The SMILES string of the molecule is COCCCN1C(=O)c2cc(OC)cc(OC)c2C1C#N. The van der Waals surface area contributed by atoms with Gasteiger partial charge in [0, 0.05) is 31.9 Å². The summed E-state index contributed by atoms with van der Waals surface area (Å²) in [6, 6.07) is 4.89. The molecule has 112 valence electrons. The van der Waals surface area contributed by atoms with Gasteiger partial charge in [0.15, 0.2) is 0 Å². The summed E-state index contributed by atoms with van der Waals surface area (Å²) in [6.45, 7) is 1.00. The maximum atomic E-state index is 12.5. The molecule has 2 rings (SSSR count). The molecule has 0 aliphatic carbocycles. The lowest BCUT2D eigenvalue weighted by Gasteiger charge is -2.20. The average Bonchev–Trinajstić information content (AvgIpc) is 2.79. The van der Waals surface area contributed by atoms with Gasteiger partial charge in [-0.2, -0.15) is 5.26 Å². The lowest BCUT2D eigenvalue weighted by Crippen LogP contribution is -2.29. The first-order valence-corrected chi connectivity index (χ1v) is 6.63. The van der Waals surface area contributed by atoms with E-state index in [2.05, 4.69) is 6.07 Å². The van der Waals surface area contributed by atoms with Gasteiger partial charge >= 0.3 is 0 Å². The van der Waals surface area contributed by atoms with E-state index in [1.807, 2.05) is 0 Å². The number of hydrogen-bond acceptors (Lipinski definition) is 5.